The van der Waals surface area contributed by atoms with Crippen molar-refractivity contribution in [3.05, 3.63) is 53.1 Å². The van der Waals surface area contributed by atoms with Crippen molar-refractivity contribution >= 4 is 17.5 Å². The lowest BCUT2D eigenvalue weighted by atomic mass is 10.1. The molecule has 0 saturated heterocycles. The molecule has 1 N–H and O–H groups in total. The van der Waals surface area contributed by atoms with Gasteiger partial charge in [-0.1, -0.05) is 24.3 Å². The zero-order chi connectivity index (χ0) is 20.7. The molecule has 2 rings (SSSR count). The largest absolute Gasteiger partial charge is 0.493 e. The normalized spacial score (nSPS) is 10.3. The van der Waals surface area contributed by atoms with E-state index in [1.807, 2.05) is 50.2 Å². The van der Waals surface area contributed by atoms with Gasteiger partial charge in [-0.25, -0.2) is 0 Å². The summed E-state index contributed by atoms with van der Waals surface area (Å²) < 4.78 is 10.6. The van der Waals surface area contributed by atoms with Crippen LogP contribution in [0, 0.1) is 13.8 Å². The molecule has 0 unspecified atom stereocenters. The van der Waals surface area contributed by atoms with Gasteiger partial charge in [0, 0.05) is 19.2 Å². The summed E-state index contributed by atoms with van der Waals surface area (Å²) in [5.41, 5.74) is 3.79. The summed E-state index contributed by atoms with van der Waals surface area (Å²) in [6.07, 6.45) is 0.608. The van der Waals surface area contributed by atoms with Crippen LogP contribution < -0.4 is 14.8 Å². The van der Waals surface area contributed by atoms with Gasteiger partial charge in [-0.05, 0) is 49.1 Å². The molecule has 28 heavy (non-hydrogen) atoms. The Bertz CT molecular complexity index is 828. The average molecular weight is 384 g/mol. The van der Waals surface area contributed by atoms with Gasteiger partial charge < -0.3 is 19.7 Å². The molecule has 0 aromatic heterocycles. The van der Waals surface area contributed by atoms with E-state index >= 15 is 0 Å². The minimum absolute atomic E-state index is 0.0103. The van der Waals surface area contributed by atoms with Gasteiger partial charge in [-0.15, -0.1) is 0 Å². The van der Waals surface area contributed by atoms with E-state index in [0.29, 0.717) is 24.5 Å². The highest BCUT2D eigenvalue weighted by molar-refractivity contribution is 5.95. The molecule has 2 amide bonds. The van der Waals surface area contributed by atoms with Crippen LogP contribution in [0.4, 0.5) is 5.69 Å². The summed E-state index contributed by atoms with van der Waals surface area (Å²) in [6.45, 7) is 5.81. The van der Waals surface area contributed by atoms with Gasteiger partial charge >= 0.3 is 0 Å². The summed E-state index contributed by atoms with van der Waals surface area (Å²) in [5.74, 6) is 0.946. The molecular weight excluding hydrogens is 356 g/mol. The van der Waals surface area contributed by atoms with Crippen LogP contribution in [0.25, 0.3) is 0 Å². The fourth-order valence-electron chi connectivity index (χ4n) is 3.01. The molecule has 0 atom stereocenters. The number of ether oxygens (including phenoxy) is 2. The zero-order valence-electron chi connectivity index (χ0n) is 17.2. The first-order chi connectivity index (χ1) is 13.3. The summed E-state index contributed by atoms with van der Waals surface area (Å²) in [6, 6.07) is 11.5. The predicted octanol–water partition coefficient (Wildman–Crippen LogP) is 3.35. The van der Waals surface area contributed by atoms with Crippen LogP contribution in [-0.4, -0.2) is 44.0 Å². The number of para-hydroxylation sites is 1. The molecule has 0 aliphatic heterocycles. The van der Waals surface area contributed by atoms with Crippen molar-refractivity contribution in [3.63, 3.8) is 0 Å². The number of rotatable bonds is 8. The number of carbonyl (C=O) groups excluding carboxylic acids is 2. The highest BCUT2D eigenvalue weighted by Gasteiger charge is 2.15. The summed E-state index contributed by atoms with van der Waals surface area (Å²) in [5, 5.41) is 2.93. The van der Waals surface area contributed by atoms with Gasteiger partial charge in [-0.3, -0.25) is 9.59 Å². The van der Waals surface area contributed by atoms with E-state index in [9.17, 15) is 9.59 Å². The second-order valence-corrected chi connectivity index (χ2v) is 6.69. The van der Waals surface area contributed by atoms with Crippen molar-refractivity contribution in [1.29, 1.82) is 0 Å². The van der Waals surface area contributed by atoms with Crippen LogP contribution in [0.5, 0.6) is 11.5 Å². The van der Waals surface area contributed by atoms with Crippen LogP contribution in [0.3, 0.4) is 0 Å². The molecule has 0 aliphatic rings. The van der Waals surface area contributed by atoms with E-state index in [2.05, 4.69) is 5.32 Å². The highest BCUT2D eigenvalue weighted by atomic mass is 16.5. The molecule has 0 spiro atoms. The van der Waals surface area contributed by atoms with Gasteiger partial charge in [0.05, 0.1) is 20.8 Å². The van der Waals surface area contributed by atoms with Gasteiger partial charge in [0.2, 0.25) is 11.8 Å². The standard InChI is InChI=1S/C22H28N2O4/c1-15-7-6-8-16(2)22(15)23-21(26)14-24(17(3)25)12-11-18-9-10-19(27-4)20(13-18)28-5/h6-10,13H,11-12,14H2,1-5H3,(H,23,26). The summed E-state index contributed by atoms with van der Waals surface area (Å²) in [4.78, 5) is 26.0. The monoisotopic (exact) mass is 384 g/mol. The molecule has 0 radical (unpaired) electrons. The highest BCUT2D eigenvalue weighted by Crippen LogP contribution is 2.27. The number of benzene rings is 2. The lowest BCUT2D eigenvalue weighted by molar-refractivity contribution is -0.132. The Labute approximate surface area is 166 Å². The Kier molecular flexibility index (Phi) is 7.44. The molecule has 150 valence electrons. The molecule has 2 aromatic rings. The SMILES string of the molecule is COc1ccc(CCN(CC(=O)Nc2c(C)cccc2C)C(C)=O)cc1OC. The quantitative estimate of drug-likeness (QED) is 0.758. The van der Waals surface area contributed by atoms with Crippen LogP contribution in [-0.2, 0) is 16.0 Å². The summed E-state index contributed by atoms with van der Waals surface area (Å²) in [7, 11) is 3.17. The molecule has 0 saturated carbocycles. The third-order valence-electron chi connectivity index (χ3n) is 4.64. The molecule has 6 nitrogen and oxygen atoms in total. The zero-order valence-corrected chi connectivity index (χ0v) is 17.2. The van der Waals surface area contributed by atoms with Crippen molar-refractivity contribution < 1.29 is 19.1 Å². The number of anilines is 1. The maximum Gasteiger partial charge on any atom is 0.244 e. The van der Waals surface area contributed by atoms with Gasteiger partial charge in [0.1, 0.15) is 0 Å². The third-order valence-corrected chi connectivity index (χ3v) is 4.64. The number of methoxy groups -OCH3 is 2. The number of hydrogen-bond donors (Lipinski definition) is 1. The first-order valence-corrected chi connectivity index (χ1v) is 9.18. The average Bonchev–Trinajstić information content (AvgIpc) is 2.67. The van der Waals surface area contributed by atoms with Crippen LogP contribution in [0.1, 0.15) is 23.6 Å². The van der Waals surface area contributed by atoms with Crippen LogP contribution >= 0.6 is 0 Å². The van der Waals surface area contributed by atoms with Gasteiger partial charge in [-0.2, -0.15) is 0 Å². The number of hydrogen-bond acceptors (Lipinski definition) is 4. The number of carbonyl (C=O) groups is 2. The Balaban J connectivity index is 2.02. The van der Waals surface area contributed by atoms with Crippen molar-refractivity contribution in [1.82, 2.24) is 4.90 Å². The Morgan fingerprint density at radius 3 is 2.21 bits per heavy atom. The van der Waals surface area contributed by atoms with Crippen molar-refractivity contribution in [2.45, 2.75) is 27.2 Å². The first kappa shape index (κ1) is 21.3. The maximum atomic E-state index is 12.5. The van der Waals surface area contributed by atoms with E-state index in [-0.39, 0.29) is 18.4 Å². The van der Waals surface area contributed by atoms with Gasteiger partial charge in [0.15, 0.2) is 11.5 Å². The molecular formula is C22H28N2O4. The van der Waals surface area contributed by atoms with E-state index < -0.39 is 0 Å². The van der Waals surface area contributed by atoms with Gasteiger partial charge in [0.25, 0.3) is 0 Å². The molecule has 0 fully saturated rings. The lowest BCUT2D eigenvalue weighted by Crippen LogP contribution is -2.38. The van der Waals surface area contributed by atoms with E-state index in [1.54, 1.807) is 19.1 Å². The Morgan fingerprint density at radius 2 is 1.64 bits per heavy atom. The van der Waals surface area contributed by atoms with Crippen molar-refractivity contribution in [3.8, 4) is 11.5 Å². The Morgan fingerprint density at radius 1 is 1.00 bits per heavy atom. The van der Waals surface area contributed by atoms with E-state index in [4.69, 9.17) is 9.47 Å². The van der Waals surface area contributed by atoms with Crippen molar-refractivity contribution in [2.24, 2.45) is 0 Å². The topological polar surface area (TPSA) is 67.9 Å². The molecule has 2 aromatic carbocycles. The molecule has 0 bridgehead atoms. The third kappa shape index (κ3) is 5.49. The fraction of sp³-hybridized carbons (Fsp3) is 0.364. The van der Waals surface area contributed by atoms with Crippen LogP contribution in [0.15, 0.2) is 36.4 Å². The van der Waals surface area contributed by atoms with Crippen molar-refractivity contribution in [2.75, 3.05) is 32.6 Å². The smallest absolute Gasteiger partial charge is 0.244 e. The molecule has 6 heteroatoms. The second-order valence-electron chi connectivity index (χ2n) is 6.69. The van der Waals surface area contributed by atoms with Crippen LogP contribution in [0.2, 0.25) is 0 Å². The maximum absolute atomic E-state index is 12.5. The predicted molar refractivity (Wildman–Crippen MR) is 110 cm³/mol. The molecule has 0 aliphatic carbocycles. The second kappa shape index (κ2) is 9.78. The number of nitrogens with one attached hydrogen (secondary N) is 1. The lowest BCUT2D eigenvalue weighted by Gasteiger charge is -2.21. The van der Waals surface area contributed by atoms with E-state index in [1.165, 1.54) is 6.92 Å². The summed E-state index contributed by atoms with van der Waals surface area (Å²) >= 11 is 0. The fourth-order valence-corrected chi connectivity index (χ4v) is 3.01. The number of aryl methyl sites for hydroxylation is 2. The molecule has 0 heterocycles. The minimum atomic E-state index is -0.208. The Hall–Kier alpha value is -3.02. The van der Waals surface area contributed by atoms with E-state index in [0.717, 1.165) is 22.4 Å². The first-order valence-electron chi connectivity index (χ1n) is 9.18. The number of nitrogens with zero attached hydrogens (tertiary/aromatic N) is 1. The minimum Gasteiger partial charge on any atom is -0.493 e. The number of amides is 2.